The molecule has 1 aromatic rings. The number of likely N-dealkylation sites (tertiary alicyclic amines) is 1. The van der Waals surface area contributed by atoms with E-state index in [0.717, 1.165) is 17.8 Å². The number of rotatable bonds is 1. The van der Waals surface area contributed by atoms with Crippen molar-refractivity contribution in [1.82, 2.24) is 4.90 Å². The highest BCUT2D eigenvalue weighted by Crippen LogP contribution is 2.53. The minimum atomic E-state index is -0.589. The van der Waals surface area contributed by atoms with E-state index in [-0.39, 0.29) is 22.8 Å². The van der Waals surface area contributed by atoms with E-state index in [0.29, 0.717) is 11.5 Å². The van der Waals surface area contributed by atoms with E-state index in [1.807, 2.05) is 32.0 Å². The van der Waals surface area contributed by atoms with Crippen molar-refractivity contribution < 1.29 is 9.59 Å². The van der Waals surface area contributed by atoms with Crippen LogP contribution in [0, 0.1) is 11.3 Å². The van der Waals surface area contributed by atoms with Gasteiger partial charge in [-0.1, -0.05) is 6.92 Å². The number of nitrogens with zero attached hydrogens (tertiary/aromatic N) is 1. The van der Waals surface area contributed by atoms with Crippen molar-refractivity contribution in [2.45, 2.75) is 64.8 Å². The second kappa shape index (κ2) is 4.87. The zero-order valence-electron chi connectivity index (χ0n) is 15.9. The second-order valence-electron chi connectivity index (χ2n) is 9.63. The Morgan fingerprint density at radius 3 is 2.64 bits per heavy atom. The molecule has 25 heavy (non-hydrogen) atoms. The summed E-state index contributed by atoms with van der Waals surface area (Å²) in [7, 11) is 0. The lowest BCUT2D eigenvalue weighted by Crippen LogP contribution is -2.57. The molecule has 1 N–H and O–H groups in total. The van der Waals surface area contributed by atoms with E-state index < -0.39 is 5.41 Å². The Morgan fingerprint density at radius 1 is 1.20 bits per heavy atom. The van der Waals surface area contributed by atoms with Crippen LogP contribution in [0.3, 0.4) is 0 Å². The number of fused-ring (bicyclic) bond motifs is 3. The van der Waals surface area contributed by atoms with Crippen LogP contribution in [0.15, 0.2) is 18.2 Å². The summed E-state index contributed by atoms with van der Waals surface area (Å²) in [6.07, 6.45) is 3.64. The Kier molecular flexibility index (Phi) is 3.23. The predicted octanol–water partition coefficient (Wildman–Crippen LogP) is 3.96. The van der Waals surface area contributed by atoms with Gasteiger partial charge in [0.05, 0.1) is 5.41 Å². The third kappa shape index (κ3) is 2.26. The summed E-state index contributed by atoms with van der Waals surface area (Å²) in [5, 5.41) is 2.92. The fraction of sp³-hybridized carbons (Fsp3) is 0.619. The van der Waals surface area contributed by atoms with Gasteiger partial charge in [0.2, 0.25) is 5.91 Å². The average Bonchev–Trinajstić information content (AvgIpc) is 3.01. The standard InChI is InChI=1S/C21H28N2O2/c1-19(2)15-10-13(6-7-16(15)22-18(19)25)17(24)23-12-21(5)9-8-14(11-21)20(23,3)4/h6-7,10,14H,8-9,11-12H2,1-5H3,(H,22,25)/t14-,21+/m0/s1. The Morgan fingerprint density at radius 2 is 1.92 bits per heavy atom. The van der Waals surface area contributed by atoms with E-state index >= 15 is 0 Å². The van der Waals surface area contributed by atoms with Crippen molar-refractivity contribution in [3.05, 3.63) is 29.3 Å². The molecule has 0 spiro atoms. The Hall–Kier alpha value is -1.84. The number of carbonyl (C=O) groups is 2. The van der Waals surface area contributed by atoms with E-state index in [9.17, 15) is 9.59 Å². The third-order valence-electron chi connectivity index (χ3n) is 7.07. The van der Waals surface area contributed by atoms with Crippen molar-refractivity contribution in [2.24, 2.45) is 11.3 Å². The molecule has 1 aliphatic carbocycles. The SMILES string of the molecule is CC1(C)C(=O)Nc2ccc(C(=O)N3C[C@]4(C)CC[C@@H](C4)C3(C)C)cc21. The monoisotopic (exact) mass is 340 g/mol. The predicted molar refractivity (Wildman–Crippen MR) is 98.7 cm³/mol. The van der Waals surface area contributed by atoms with Crippen LogP contribution in [0.1, 0.15) is 69.8 Å². The molecule has 1 saturated heterocycles. The van der Waals surface area contributed by atoms with E-state index in [4.69, 9.17) is 0 Å². The number of benzene rings is 1. The Bertz CT molecular complexity index is 780. The molecule has 1 saturated carbocycles. The minimum Gasteiger partial charge on any atom is -0.333 e. The molecule has 1 aromatic carbocycles. The zero-order chi connectivity index (χ0) is 18.2. The summed E-state index contributed by atoms with van der Waals surface area (Å²) in [5.74, 6) is 0.668. The largest absolute Gasteiger partial charge is 0.333 e. The molecule has 2 atom stereocenters. The molecule has 3 aliphatic rings. The van der Waals surface area contributed by atoms with Crippen LogP contribution < -0.4 is 5.32 Å². The first-order valence-corrected chi connectivity index (χ1v) is 9.33. The molecule has 134 valence electrons. The number of anilines is 1. The van der Waals surface area contributed by atoms with Crippen LogP contribution >= 0.6 is 0 Å². The van der Waals surface area contributed by atoms with Gasteiger partial charge in [0.25, 0.3) is 5.91 Å². The summed E-state index contributed by atoms with van der Waals surface area (Å²) in [4.78, 5) is 27.6. The van der Waals surface area contributed by atoms with Gasteiger partial charge in [0, 0.05) is 23.3 Å². The lowest BCUT2D eigenvalue weighted by molar-refractivity contribution is -0.119. The molecule has 2 heterocycles. The van der Waals surface area contributed by atoms with Crippen molar-refractivity contribution in [3.63, 3.8) is 0 Å². The molecular weight excluding hydrogens is 312 g/mol. The molecule has 4 nitrogen and oxygen atoms in total. The molecule has 2 amide bonds. The van der Waals surface area contributed by atoms with Crippen molar-refractivity contribution >= 4 is 17.5 Å². The number of hydrogen-bond donors (Lipinski definition) is 1. The lowest BCUT2D eigenvalue weighted by atomic mass is 9.74. The first kappa shape index (κ1) is 16.6. The normalized spacial score (nSPS) is 31.6. The Balaban J connectivity index is 1.71. The van der Waals surface area contributed by atoms with Crippen LogP contribution in [0.4, 0.5) is 5.69 Å². The second-order valence-corrected chi connectivity index (χ2v) is 9.63. The summed E-state index contributed by atoms with van der Waals surface area (Å²) in [6, 6.07) is 5.66. The van der Waals surface area contributed by atoms with Gasteiger partial charge in [-0.25, -0.2) is 0 Å². The first-order chi connectivity index (χ1) is 11.5. The molecular formula is C21H28N2O2. The molecule has 2 bridgehead atoms. The lowest BCUT2D eigenvalue weighted by Gasteiger charge is -2.50. The van der Waals surface area contributed by atoms with Gasteiger partial charge in [0.15, 0.2) is 0 Å². The maximum atomic E-state index is 13.4. The molecule has 0 aromatic heterocycles. The van der Waals surface area contributed by atoms with Gasteiger partial charge >= 0.3 is 0 Å². The van der Waals surface area contributed by atoms with Crippen molar-refractivity contribution in [3.8, 4) is 0 Å². The average molecular weight is 340 g/mol. The maximum Gasteiger partial charge on any atom is 0.254 e. The summed E-state index contributed by atoms with van der Waals surface area (Å²) in [6.45, 7) is 11.4. The van der Waals surface area contributed by atoms with E-state index in [2.05, 4.69) is 31.0 Å². The number of nitrogens with one attached hydrogen (secondary N) is 1. The highest BCUT2D eigenvalue weighted by atomic mass is 16.2. The van der Waals surface area contributed by atoms with Crippen LogP contribution in [-0.4, -0.2) is 28.8 Å². The van der Waals surface area contributed by atoms with Crippen LogP contribution in [0.5, 0.6) is 0 Å². The quantitative estimate of drug-likeness (QED) is 0.841. The van der Waals surface area contributed by atoms with Gasteiger partial charge < -0.3 is 10.2 Å². The topological polar surface area (TPSA) is 49.4 Å². The fourth-order valence-corrected chi connectivity index (χ4v) is 5.07. The minimum absolute atomic E-state index is 0.00374. The molecule has 2 aliphatic heterocycles. The number of piperidine rings is 1. The summed E-state index contributed by atoms with van der Waals surface area (Å²) >= 11 is 0. The number of carbonyl (C=O) groups excluding carboxylic acids is 2. The third-order valence-corrected chi connectivity index (χ3v) is 7.07. The zero-order valence-corrected chi connectivity index (χ0v) is 15.9. The number of amides is 2. The van der Waals surface area contributed by atoms with Gasteiger partial charge in [-0.2, -0.15) is 0 Å². The van der Waals surface area contributed by atoms with Crippen LogP contribution in [0.25, 0.3) is 0 Å². The van der Waals surface area contributed by atoms with E-state index in [1.54, 1.807) is 0 Å². The number of hydrogen-bond acceptors (Lipinski definition) is 2. The summed E-state index contributed by atoms with van der Waals surface area (Å²) in [5.41, 5.74) is 2.00. The smallest absolute Gasteiger partial charge is 0.254 e. The van der Waals surface area contributed by atoms with Crippen molar-refractivity contribution in [1.29, 1.82) is 0 Å². The van der Waals surface area contributed by atoms with Crippen molar-refractivity contribution in [2.75, 3.05) is 11.9 Å². The Labute approximate surface area is 150 Å². The molecule has 0 radical (unpaired) electrons. The molecule has 2 fully saturated rings. The highest BCUT2D eigenvalue weighted by molar-refractivity contribution is 6.07. The first-order valence-electron chi connectivity index (χ1n) is 9.33. The van der Waals surface area contributed by atoms with Gasteiger partial charge in [-0.15, -0.1) is 0 Å². The fourth-order valence-electron chi connectivity index (χ4n) is 5.07. The van der Waals surface area contributed by atoms with Crippen LogP contribution in [-0.2, 0) is 10.2 Å². The molecule has 4 rings (SSSR count). The van der Waals surface area contributed by atoms with E-state index in [1.165, 1.54) is 19.3 Å². The molecule has 4 heteroatoms. The van der Waals surface area contributed by atoms with Gasteiger partial charge in [0.1, 0.15) is 0 Å². The highest BCUT2D eigenvalue weighted by Gasteiger charge is 2.52. The van der Waals surface area contributed by atoms with Gasteiger partial charge in [-0.05, 0) is 82.1 Å². The maximum absolute atomic E-state index is 13.4. The summed E-state index contributed by atoms with van der Waals surface area (Å²) < 4.78 is 0. The van der Waals surface area contributed by atoms with Crippen LogP contribution in [0.2, 0.25) is 0 Å². The molecule has 0 unspecified atom stereocenters. The van der Waals surface area contributed by atoms with Gasteiger partial charge in [-0.3, -0.25) is 9.59 Å².